The summed E-state index contributed by atoms with van der Waals surface area (Å²) in [4.78, 5) is 42.8. The van der Waals surface area contributed by atoms with Gasteiger partial charge >= 0.3 is 17.9 Å². The molecule has 0 saturated carbocycles. The first-order valence-corrected chi connectivity index (χ1v) is 11.2. The molecule has 0 spiro atoms. The molecule has 0 radical (unpaired) electrons. The number of anilines is 1. The van der Waals surface area contributed by atoms with Crippen LogP contribution in [0.4, 0.5) is 5.69 Å². The molecule has 14 nitrogen and oxygen atoms in total. The summed E-state index contributed by atoms with van der Waals surface area (Å²) in [6.07, 6.45) is 5.91. The monoisotopic (exact) mass is 531 g/mol. The van der Waals surface area contributed by atoms with Gasteiger partial charge in [-0.2, -0.15) is 0 Å². The number of hydrogen-bond acceptors (Lipinski definition) is 10. The Labute approximate surface area is 217 Å². The summed E-state index contributed by atoms with van der Waals surface area (Å²) in [5.74, 6) is -3.54. The minimum atomic E-state index is -2.74. The van der Waals surface area contributed by atoms with E-state index in [1.165, 1.54) is 0 Å². The third kappa shape index (κ3) is 10.6. The topological polar surface area (TPSA) is 217 Å². The lowest BCUT2D eigenvalue weighted by atomic mass is 9.96. The highest BCUT2D eigenvalue weighted by Crippen LogP contribution is 2.17. The van der Waals surface area contributed by atoms with Crippen molar-refractivity contribution < 1.29 is 44.7 Å². The molecule has 2 aromatic heterocycles. The number of hydrogen-bond donors (Lipinski definition) is 6. The third-order valence-corrected chi connectivity index (χ3v) is 4.89. The number of imidazole rings is 1. The molecule has 0 aliphatic rings. The number of nitrogens with zero attached hydrogens (tertiary/aromatic N) is 4. The van der Waals surface area contributed by atoms with Crippen molar-refractivity contribution in [2.45, 2.75) is 44.6 Å². The number of nitrogens with one attached hydrogen (secondary N) is 1. The van der Waals surface area contributed by atoms with Crippen molar-refractivity contribution in [3.05, 3.63) is 66.8 Å². The van der Waals surface area contributed by atoms with Gasteiger partial charge in [0.25, 0.3) is 0 Å². The highest BCUT2D eigenvalue weighted by atomic mass is 16.5. The smallest absolute Gasteiger partial charge is 0.336 e. The molecule has 0 aliphatic carbocycles. The van der Waals surface area contributed by atoms with Gasteiger partial charge in [0.05, 0.1) is 25.7 Å². The normalized spacial score (nSPS) is 11.6. The van der Waals surface area contributed by atoms with Gasteiger partial charge in [-0.15, -0.1) is 0 Å². The number of ether oxygens (including phenoxy) is 1. The van der Waals surface area contributed by atoms with Crippen molar-refractivity contribution >= 4 is 23.6 Å². The van der Waals surface area contributed by atoms with Crippen LogP contribution in [0.2, 0.25) is 0 Å². The van der Waals surface area contributed by atoms with Gasteiger partial charge in [0.2, 0.25) is 0 Å². The molecule has 0 bridgehead atoms. The second-order valence-electron chi connectivity index (χ2n) is 8.22. The Kier molecular flexibility index (Phi) is 11.1. The summed E-state index contributed by atoms with van der Waals surface area (Å²) < 4.78 is 7.43. The van der Waals surface area contributed by atoms with E-state index < -0.39 is 42.5 Å². The standard InChI is InChI=1S/C18H21N5O2.C6H8O7/c1-14-20-8-15(9-21-14)10-22-16-2-4-18(5-3-16)25-12-17(24)11-23-7-6-19-13-23;7-3(8)1-6(13,5(11)12)2-4(9)10/h2-9,13,17,22,24H,10-12H2,1H3;13H,1-2H2,(H,7,8)(H,9,10)(H,11,12). The molecular weight excluding hydrogens is 502 g/mol. The van der Waals surface area contributed by atoms with Gasteiger partial charge in [0.15, 0.2) is 5.60 Å². The molecular formula is C24H29N5O9. The average molecular weight is 532 g/mol. The predicted octanol–water partition coefficient (Wildman–Crippen LogP) is 0.785. The lowest BCUT2D eigenvalue weighted by molar-refractivity contribution is -0.170. The van der Waals surface area contributed by atoms with Gasteiger partial charge in [-0.3, -0.25) is 9.59 Å². The van der Waals surface area contributed by atoms with Crippen LogP contribution >= 0.6 is 0 Å². The van der Waals surface area contributed by atoms with Gasteiger partial charge < -0.3 is 40.2 Å². The summed E-state index contributed by atoms with van der Waals surface area (Å²) in [5, 5.41) is 47.1. The first-order valence-electron chi connectivity index (χ1n) is 11.2. The second kappa shape index (κ2) is 14.2. The summed E-state index contributed by atoms with van der Waals surface area (Å²) in [5.41, 5.74) is -0.738. The Morgan fingerprint density at radius 3 is 2.16 bits per heavy atom. The zero-order chi connectivity index (χ0) is 28.1. The number of carbonyl (C=O) groups is 3. The van der Waals surface area contributed by atoms with Crippen LogP contribution in [0.5, 0.6) is 5.75 Å². The first-order chi connectivity index (χ1) is 18.0. The zero-order valence-electron chi connectivity index (χ0n) is 20.5. The van der Waals surface area contributed by atoms with Crippen LogP contribution in [0, 0.1) is 6.92 Å². The van der Waals surface area contributed by atoms with Gasteiger partial charge in [-0.1, -0.05) is 0 Å². The minimum Gasteiger partial charge on any atom is -0.491 e. The number of benzene rings is 1. The molecule has 0 amide bonds. The van der Waals surface area contributed by atoms with Crippen LogP contribution in [0.15, 0.2) is 55.4 Å². The van der Waals surface area contributed by atoms with E-state index in [1.54, 1.807) is 12.5 Å². The molecule has 0 fully saturated rings. The van der Waals surface area contributed by atoms with Crippen LogP contribution in [0.3, 0.4) is 0 Å². The quantitative estimate of drug-likeness (QED) is 0.180. The van der Waals surface area contributed by atoms with E-state index in [9.17, 15) is 19.5 Å². The molecule has 1 unspecified atom stereocenters. The lowest BCUT2D eigenvalue weighted by Gasteiger charge is -2.18. The van der Waals surface area contributed by atoms with E-state index in [-0.39, 0.29) is 6.61 Å². The molecule has 3 rings (SSSR count). The molecule has 204 valence electrons. The minimum absolute atomic E-state index is 0.228. The number of carboxylic acid groups (broad SMARTS) is 3. The van der Waals surface area contributed by atoms with Crippen LogP contribution in [0.1, 0.15) is 24.2 Å². The van der Waals surface area contributed by atoms with Crippen LogP contribution in [0.25, 0.3) is 0 Å². The van der Waals surface area contributed by atoms with E-state index >= 15 is 0 Å². The fraction of sp³-hybridized carbons (Fsp3) is 0.333. The number of aliphatic carboxylic acids is 3. The molecule has 0 saturated heterocycles. The Balaban J connectivity index is 0.000000332. The number of aromatic nitrogens is 4. The van der Waals surface area contributed by atoms with Gasteiger partial charge in [0, 0.05) is 42.6 Å². The molecule has 0 aliphatic heterocycles. The van der Waals surface area contributed by atoms with Crippen molar-refractivity contribution in [1.29, 1.82) is 0 Å². The van der Waals surface area contributed by atoms with E-state index in [0.717, 1.165) is 17.1 Å². The van der Waals surface area contributed by atoms with E-state index in [0.29, 0.717) is 18.8 Å². The second-order valence-corrected chi connectivity index (χ2v) is 8.22. The Hall–Kier alpha value is -4.56. The molecule has 3 aromatic rings. The Bertz CT molecular complexity index is 1150. The lowest BCUT2D eigenvalue weighted by Crippen LogP contribution is -2.42. The van der Waals surface area contributed by atoms with Gasteiger partial charge in [-0.25, -0.2) is 19.7 Å². The molecule has 14 heteroatoms. The van der Waals surface area contributed by atoms with E-state index in [4.69, 9.17) is 25.2 Å². The molecule has 1 aromatic carbocycles. The SMILES string of the molecule is Cc1ncc(CNc2ccc(OCC(O)Cn3ccnc3)cc2)cn1.O=C(O)CC(O)(CC(=O)O)C(=O)O. The van der Waals surface area contributed by atoms with Gasteiger partial charge in [-0.05, 0) is 31.2 Å². The maximum absolute atomic E-state index is 10.3. The average Bonchev–Trinajstić information content (AvgIpc) is 3.35. The predicted molar refractivity (Wildman–Crippen MR) is 131 cm³/mol. The molecule has 6 N–H and O–H groups in total. The molecule has 2 heterocycles. The maximum Gasteiger partial charge on any atom is 0.336 e. The van der Waals surface area contributed by atoms with Crippen LogP contribution in [-0.2, 0) is 27.5 Å². The Morgan fingerprint density at radius 2 is 1.66 bits per heavy atom. The Morgan fingerprint density at radius 1 is 1.05 bits per heavy atom. The largest absolute Gasteiger partial charge is 0.491 e. The number of carboxylic acids is 3. The zero-order valence-corrected chi connectivity index (χ0v) is 20.5. The fourth-order valence-electron chi connectivity index (χ4n) is 2.98. The number of aliphatic hydroxyl groups excluding tert-OH is 1. The van der Waals surface area contributed by atoms with Crippen molar-refractivity contribution in [3.63, 3.8) is 0 Å². The first kappa shape index (κ1) is 29.7. The van der Waals surface area contributed by atoms with Crippen molar-refractivity contribution in [2.24, 2.45) is 0 Å². The summed E-state index contributed by atoms with van der Waals surface area (Å²) in [7, 11) is 0. The highest BCUT2D eigenvalue weighted by molar-refractivity contribution is 5.88. The number of aliphatic hydroxyl groups is 2. The van der Waals surface area contributed by atoms with Crippen molar-refractivity contribution in [2.75, 3.05) is 11.9 Å². The number of aryl methyl sites for hydroxylation is 1. The van der Waals surface area contributed by atoms with Crippen LogP contribution < -0.4 is 10.1 Å². The van der Waals surface area contributed by atoms with Crippen molar-refractivity contribution in [1.82, 2.24) is 19.5 Å². The van der Waals surface area contributed by atoms with Gasteiger partial charge in [0.1, 0.15) is 24.3 Å². The number of rotatable bonds is 13. The fourth-order valence-corrected chi connectivity index (χ4v) is 2.98. The maximum atomic E-state index is 10.3. The molecule has 1 atom stereocenters. The van der Waals surface area contributed by atoms with E-state index in [2.05, 4.69) is 20.3 Å². The summed E-state index contributed by atoms with van der Waals surface area (Å²) >= 11 is 0. The van der Waals surface area contributed by atoms with Crippen molar-refractivity contribution in [3.8, 4) is 5.75 Å². The third-order valence-electron chi connectivity index (χ3n) is 4.89. The van der Waals surface area contributed by atoms with Crippen LogP contribution in [-0.4, -0.2) is 81.3 Å². The summed E-state index contributed by atoms with van der Waals surface area (Å²) in [6.45, 7) is 3.20. The highest BCUT2D eigenvalue weighted by Gasteiger charge is 2.40. The molecule has 38 heavy (non-hydrogen) atoms. The summed E-state index contributed by atoms with van der Waals surface area (Å²) in [6, 6.07) is 7.62. The van der Waals surface area contributed by atoms with E-state index in [1.807, 2.05) is 54.3 Å².